The van der Waals surface area contributed by atoms with Crippen molar-refractivity contribution < 1.29 is 9.47 Å². The third-order valence-electron chi connectivity index (χ3n) is 6.34. The molecular formula is C28H44N2O2. The van der Waals surface area contributed by atoms with Crippen molar-refractivity contribution >= 4 is 11.4 Å². The Hall–Kier alpha value is -2.36. The number of anilines is 2. The predicted molar refractivity (Wildman–Crippen MR) is 138 cm³/mol. The Morgan fingerprint density at radius 2 is 1.06 bits per heavy atom. The summed E-state index contributed by atoms with van der Waals surface area (Å²) in [6.45, 7) is 10.3. The molecule has 4 nitrogen and oxygen atoms in total. The summed E-state index contributed by atoms with van der Waals surface area (Å²) in [4.78, 5) is 0. The first kappa shape index (κ1) is 25.9. The number of rotatable bonds is 15. The summed E-state index contributed by atoms with van der Waals surface area (Å²) >= 11 is 0. The van der Waals surface area contributed by atoms with Crippen LogP contribution in [-0.2, 0) is 0 Å². The highest BCUT2D eigenvalue weighted by atomic mass is 16.5. The van der Waals surface area contributed by atoms with Gasteiger partial charge in [-0.15, -0.1) is 0 Å². The van der Waals surface area contributed by atoms with E-state index in [1.165, 1.54) is 38.5 Å². The molecule has 0 aromatic heterocycles. The first-order valence-corrected chi connectivity index (χ1v) is 12.6. The van der Waals surface area contributed by atoms with Crippen LogP contribution >= 0.6 is 0 Å². The van der Waals surface area contributed by atoms with Crippen LogP contribution in [0.25, 0.3) is 11.1 Å². The fourth-order valence-corrected chi connectivity index (χ4v) is 3.97. The molecule has 0 spiro atoms. The fourth-order valence-electron chi connectivity index (χ4n) is 3.97. The number of nitrogen functional groups attached to an aromatic ring is 2. The monoisotopic (exact) mass is 440 g/mol. The third-order valence-corrected chi connectivity index (χ3v) is 6.34. The van der Waals surface area contributed by atoms with Crippen LogP contribution in [0.15, 0.2) is 36.4 Å². The van der Waals surface area contributed by atoms with Crippen LogP contribution in [0.5, 0.6) is 11.5 Å². The second-order valence-electron chi connectivity index (χ2n) is 8.97. The maximum atomic E-state index is 6.34. The lowest BCUT2D eigenvalue weighted by Crippen LogP contribution is -2.13. The van der Waals surface area contributed by atoms with Crippen molar-refractivity contribution in [1.29, 1.82) is 0 Å². The minimum absolute atomic E-state index is 0.551. The number of ether oxygens (including phenoxy) is 2. The van der Waals surface area contributed by atoms with Crippen molar-refractivity contribution in [3.63, 3.8) is 0 Å². The van der Waals surface area contributed by atoms with Gasteiger partial charge in [0.15, 0.2) is 0 Å². The van der Waals surface area contributed by atoms with E-state index < -0.39 is 0 Å². The van der Waals surface area contributed by atoms with E-state index in [1.54, 1.807) is 0 Å². The van der Waals surface area contributed by atoms with Crippen LogP contribution in [-0.4, -0.2) is 13.2 Å². The average molecular weight is 441 g/mol. The van der Waals surface area contributed by atoms with Crippen LogP contribution < -0.4 is 20.9 Å². The molecule has 0 saturated carbocycles. The molecule has 0 bridgehead atoms. The molecule has 0 aliphatic rings. The van der Waals surface area contributed by atoms with Crippen LogP contribution in [0.1, 0.15) is 79.1 Å². The maximum Gasteiger partial charge on any atom is 0.129 e. The normalized spacial score (nSPS) is 13.0. The number of hydrogen-bond donors (Lipinski definition) is 2. The van der Waals surface area contributed by atoms with Gasteiger partial charge in [-0.25, -0.2) is 0 Å². The topological polar surface area (TPSA) is 70.5 Å². The molecule has 0 fully saturated rings. The molecule has 0 amide bonds. The van der Waals surface area contributed by atoms with E-state index in [0.717, 1.165) is 35.5 Å². The summed E-state index contributed by atoms with van der Waals surface area (Å²) in [5.74, 6) is 2.73. The predicted octanol–water partition coefficient (Wildman–Crippen LogP) is 7.71. The molecule has 0 aliphatic carbocycles. The fraction of sp³-hybridized carbons (Fsp3) is 0.571. The van der Waals surface area contributed by atoms with Crippen molar-refractivity contribution in [1.82, 2.24) is 0 Å². The second kappa shape index (κ2) is 13.9. The van der Waals surface area contributed by atoms with Crippen molar-refractivity contribution in [2.45, 2.75) is 79.1 Å². The van der Waals surface area contributed by atoms with Gasteiger partial charge in [0.2, 0.25) is 0 Å². The summed E-state index contributed by atoms with van der Waals surface area (Å²) in [5, 5.41) is 0. The minimum Gasteiger partial charge on any atom is -0.493 e. The SMILES string of the molecule is CCCCC(CC)COc1cc(N)ccc1-c1ccc(N)cc1OCC(CC)CCCC. The van der Waals surface area contributed by atoms with Gasteiger partial charge < -0.3 is 20.9 Å². The van der Waals surface area contributed by atoms with Crippen molar-refractivity contribution in [3.8, 4) is 22.6 Å². The van der Waals surface area contributed by atoms with Crippen molar-refractivity contribution in [2.75, 3.05) is 24.7 Å². The summed E-state index contributed by atoms with van der Waals surface area (Å²) < 4.78 is 12.7. The Bertz CT molecular complexity index is 739. The molecule has 2 atom stereocenters. The maximum absolute atomic E-state index is 6.34. The lowest BCUT2D eigenvalue weighted by atomic mass is 9.99. The van der Waals surface area contributed by atoms with Crippen LogP contribution in [0.4, 0.5) is 11.4 Å². The standard InChI is InChI=1S/C28H44N2O2/c1-5-9-11-21(7-3)19-31-27-17-23(29)13-15-25(27)26-16-14-24(30)18-28(26)32-20-22(8-4)12-10-6-2/h13-18,21-22H,5-12,19-20,29-30H2,1-4H3. The molecule has 0 heterocycles. The lowest BCUT2D eigenvalue weighted by Gasteiger charge is -2.21. The molecular weight excluding hydrogens is 396 g/mol. The second-order valence-corrected chi connectivity index (χ2v) is 8.97. The zero-order chi connectivity index (χ0) is 23.3. The Labute approximate surface area is 195 Å². The van der Waals surface area contributed by atoms with E-state index in [0.29, 0.717) is 36.4 Å². The summed E-state index contributed by atoms with van der Waals surface area (Å²) in [7, 11) is 0. The molecule has 4 N–H and O–H groups in total. The van der Waals surface area contributed by atoms with Crippen LogP contribution in [0.2, 0.25) is 0 Å². The first-order valence-electron chi connectivity index (χ1n) is 12.6. The Kier molecular flexibility index (Phi) is 11.3. The highest BCUT2D eigenvalue weighted by Gasteiger charge is 2.16. The van der Waals surface area contributed by atoms with Crippen LogP contribution in [0, 0.1) is 11.8 Å². The summed E-state index contributed by atoms with van der Waals surface area (Å²) in [6.07, 6.45) is 9.50. The molecule has 2 rings (SSSR count). The molecule has 2 aromatic rings. The van der Waals surface area contributed by atoms with Gasteiger partial charge in [-0.2, -0.15) is 0 Å². The van der Waals surface area contributed by atoms with E-state index in [2.05, 4.69) is 27.7 Å². The Morgan fingerprint density at radius 1 is 0.656 bits per heavy atom. The lowest BCUT2D eigenvalue weighted by molar-refractivity contribution is 0.231. The van der Waals surface area contributed by atoms with Crippen LogP contribution in [0.3, 0.4) is 0 Å². The number of hydrogen-bond acceptors (Lipinski definition) is 4. The molecule has 32 heavy (non-hydrogen) atoms. The smallest absolute Gasteiger partial charge is 0.129 e. The molecule has 0 saturated heterocycles. The van der Waals surface area contributed by atoms with Gasteiger partial charge in [0.25, 0.3) is 0 Å². The van der Waals surface area contributed by atoms with Gasteiger partial charge in [-0.3, -0.25) is 0 Å². The first-order chi connectivity index (χ1) is 15.5. The molecule has 2 aromatic carbocycles. The van der Waals surface area contributed by atoms with E-state index in [4.69, 9.17) is 20.9 Å². The van der Waals surface area contributed by atoms with E-state index in [-0.39, 0.29) is 0 Å². The molecule has 0 aliphatic heterocycles. The zero-order valence-electron chi connectivity index (χ0n) is 20.7. The van der Waals surface area contributed by atoms with Gasteiger partial charge in [-0.05, 0) is 48.9 Å². The quantitative estimate of drug-likeness (QED) is 0.278. The van der Waals surface area contributed by atoms with Gasteiger partial charge in [0.1, 0.15) is 11.5 Å². The minimum atomic E-state index is 0.551. The largest absolute Gasteiger partial charge is 0.493 e. The van der Waals surface area contributed by atoms with E-state index in [9.17, 15) is 0 Å². The van der Waals surface area contributed by atoms with Gasteiger partial charge >= 0.3 is 0 Å². The highest BCUT2D eigenvalue weighted by Crippen LogP contribution is 2.39. The van der Waals surface area contributed by atoms with E-state index in [1.807, 2.05) is 36.4 Å². The Balaban J connectivity index is 2.26. The third kappa shape index (κ3) is 7.96. The van der Waals surface area contributed by atoms with Gasteiger partial charge in [0.05, 0.1) is 13.2 Å². The molecule has 178 valence electrons. The number of nitrogens with two attached hydrogens (primary N) is 2. The highest BCUT2D eigenvalue weighted by molar-refractivity contribution is 5.79. The molecule has 0 radical (unpaired) electrons. The van der Waals surface area contributed by atoms with Gasteiger partial charge in [-0.1, -0.05) is 66.2 Å². The summed E-state index contributed by atoms with van der Waals surface area (Å²) in [5.41, 5.74) is 15.6. The Morgan fingerprint density at radius 3 is 1.41 bits per heavy atom. The zero-order valence-corrected chi connectivity index (χ0v) is 20.7. The number of benzene rings is 2. The van der Waals surface area contributed by atoms with Gasteiger partial charge in [0, 0.05) is 34.6 Å². The average Bonchev–Trinajstić information content (AvgIpc) is 2.80. The molecule has 2 unspecified atom stereocenters. The number of unbranched alkanes of at least 4 members (excludes halogenated alkanes) is 2. The van der Waals surface area contributed by atoms with Crippen molar-refractivity contribution in [2.24, 2.45) is 11.8 Å². The molecule has 4 heteroatoms. The van der Waals surface area contributed by atoms with Crippen molar-refractivity contribution in [3.05, 3.63) is 36.4 Å². The summed E-state index contributed by atoms with van der Waals surface area (Å²) in [6, 6.07) is 11.8. The van der Waals surface area contributed by atoms with E-state index >= 15 is 0 Å².